The van der Waals surface area contributed by atoms with Gasteiger partial charge >= 0.3 is 0 Å². The first kappa shape index (κ1) is 9.15. The van der Waals surface area contributed by atoms with E-state index in [9.17, 15) is 5.21 Å². The molecule has 0 saturated heterocycles. The van der Waals surface area contributed by atoms with E-state index in [4.69, 9.17) is 5.21 Å². The van der Waals surface area contributed by atoms with Gasteiger partial charge < -0.3 is 10.5 Å². The summed E-state index contributed by atoms with van der Waals surface area (Å²) in [7, 11) is 1.83. The van der Waals surface area contributed by atoms with Crippen molar-refractivity contribution in [2.75, 3.05) is 7.05 Å². The second-order valence-electron chi connectivity index (χ2n) is 2.54. The largest absolute Gasteiger partial charge is 0.595 e. The average molecular weight is 168 g/mol. The Labute approximate surface area is 71.0 Å². The van der Waals surface area contributed by atoms with Gasteiger partial charge in [0, 0.05) is 18.7 Å². The molecule has 0 heterocycles. The van der Waals surface area contributed by atoms with Crippen molar-refractivity contribution in [1.29, 1.82) is 0 Å². The van der Waals surface area contributed by atoms with Crippen LogP contribution in [-0.2, 0) is 6.54 Å². The van der Waals surface area contributed by atoms with Gasteiger partial charge in [0.05, 0.1) is 0 Å². The molecule has 1 rings (SSSR count). The lowest BCUT2D eigenvalue weighted by Gasteiger charge is -2.12. The van der Waals surface area contributed by atoms with Gasteiger partial charge in [-0.25, -0.2) is 5.21 Å². The van der Waals surface area contributed by atoms with Crippen molar-refractivity contribution in [3.63, 3.8) is 0 Å². The van der Waals surface area contributed by atoms with Crippen molar-refractivity contribution >= 4 is 5.69 Å². The van der Waals surface area contributed by atoms with E-state index in [0.717, 1.165) is 5.56 Å². The zero-order valence-electron chi connectivity index (χ0n) is 6.87. The third-order valence-electron chi connectivity index (χ3n) is 1.55. The van der Waals surface area contributed by atoms with Crippen molar-refractivity contribution < 1.29 is 10.4 Å². The average Bonchev–Trinajstić information content (AvgIpc) is 2.05. The predicted molar refractivity (Wildman–Crippen MR) is 45.0 cm³/mol. The van der Waals surface area contributed by atoms with E-state index < -0.39 is 5.23 Å². The second-order valence-corrected chi connectivity index (χ2v) is 2.54. The van der Waals surface area contributed by atoms with Crippen LogP contribution in [0.15, 0.2) is 24.3 Å². The maximum absolute atomic E-state index is 10.5. The molecule has 4 nitrogen and oxygen atoms in total. The molecule has 0 saturated carbocycles. The van der Waals surface area contributed by atoms with Gasteiger partial charge in [0.15, 0.2) is 5.69 Å². The Hall–Kier alpha value is -0.940. The van der Waals surface area contributed by atoms with E-state index in [2.05, 4.69) is 5.32 Å². The highest BCUT2D eigenvalue weighted by Gasteiger charge is 1.99. The van der Waals surface area contributed by atoms with Crippen LogP contribution in [0.25, 0.3) is 0 Å². The fraction of sp³-hybridized carbons (Fsp3) is 0.250. The topological polar surface area (TPSA) is 59.8 Å². The van der Waals surface area contributed by atoms with Crippen molar-refractivity contribution in [2.24, 2.45) is 0 Å². The molecule has 0 aliphatic carbocycles. The first-order chi connectivity index (χ1) is 5.74. The van der Waals surface area contributed by atoms with Gasteiger partial charge in [-0.05, 0) is 12.6 Å². The highest BCUT2D eigenvalue weighted by molar-refractivity contribution is 5.33. The SMILES string of the molecule is CNCc1cccc([NH+]([O-])O)c1. The molecule has 0 radical (unpaired) electrons. The first-order valence-electron chi connectivity index (χ1n) is 3.71. The van der Waals surface area contributed by atoms with E-state index in [1.165, 1.54) is 0 Å². The summed E-state index contributed by atoms with van der Waals surface area (Å²) in [5.41, 5.74) is 1.32. The summed E-state index contributed by atoms with van der Waals surface area (Å²) < 4.78 is 0. The monoisotopic (exact) mass is 168 g/mol. The number of benzene rings is 1. The van der Waals surface area contributed by atoms with Crippen molar-refractivity contribution in [1.82, 2.24) is 5.32 Å². The number of nitrogens with one attached hydrogen (secondary N) is 2. The summed E-state index contributed by atoms with van der Waals surface area (Å²) in [6, 6.07) is 6.89. The van der Waals surface area contributed by atoms with Crippen molar-refractivity contribution in [3.8, 4) is 0 Å². The van der Waals surface area contributed by atoms with Crippen molar-refractivity contribution in [3.05, 3.63) is 35.0 Å². The van der Waals surface area contributed by atoms with Gasteiger partial charge in [0.25, 0.3) is 0 Å². The van der Waals surface area contributed by atoms with E-state index in [1.807, 2.05) is 13.1 Å². The molecule has 1 aromatic rings. The molecule has 0 aliphatic rings. The van der Waals surface area contributed by atoms with Crippen LogP contribution in [0.2, 0.25) is 0 Å². The minimum absolute atomic E-state index is 0.336. The Kier molecular flexibility index (Phi) is 3.19. The first-order valence-corrected chi connectivity index (χ1v) is 3.71. The lowest BCUT2D eigenvalue weighted by Crippen LogP contribution is -2.99. The maximum atomic E-state index is 10.5. The molecule has 0 bridgehead atoms. The van der Waals surface area contributed by atoms with Gasteiger partial charge in [0.2, 0.25) is 0 Å². The van der Waals surface area contributed by atoms with Crippen molar-refractivity contribution in [2.45, 2.75) is 6.54 Å². The van der Waals surface area contributed by atoms with E-state index in [-0.39, 0.29) is 0 Å². The number of quaternary nitrogens is 1. The van der Waals surface area contributed by atoms with Crippen LogP contribution in [0, 0.1) is 5.21 Å². The zero-order chi connectivity index (χ0) is 8.97. The highest BCUT2D eigenvalue weighted by Crippen LogP contribution is 2.05. The molecule has 0 amide bonds. The smallest absolute Gasteiger partial charge is 0.164 e. The Morgan fingerprint density at radius 1 is 1.58 bits per heavy atom. The fourth-order valence-corrected chi connectivity index (χ4v) is 1.02. The molecule has 1 atom stereocenters. The maximum Gasteiger partial charge on any atom is 0.164 e. The summed E-state index contributed by atoms with van der Waals surface area (Å²) in [5, 5.41) is 21.3. The van der Waals surface area contributed by atoms with Crippen LogP contribution in [0.5, 0.6) is 0 Å². The molecule has 0 aromatic heterocycles. The summed E-state index contributed by atoms with van der Waals surface area (Å²) in [6.45, 7) is 0.696. The van der Waals surface area contributed by atoms with Gasteiger partial charge in [-0.3, -0.25) is 0 Å². The quantitative estimate of drug-likeness (QED) is 0.548. The van der Waals surface area contributed by atoms with Crippen LogP contribution >= 0.6 is 0 Å². The minimum atomic E-state index is -0.882. The standard InChI is InChI=1S/C8H12N2O2/c1-9-6-7-3-2-4-8(5-7)10(11)12/h2-5,9-11H,6H2,1H3. The Bertz CT molecular complexity index is 251. The minimum Gasteiger partial charge on any atom is -0.595 e. The molecular formula is C8H12N2O2. The predicted octanol–water partition coefficient (Wildman–Crippen LogP) is -0.191. The van der Waals surface area contributed by atoms with E-state index in [0.29, 0.717) is 12.2 Å². The third-order valence-corrected chi connectivity index (χ3v) is 1.55. The van der Waals surface area contributed by atoms with Crippen LogP contribution < -0.4 is 10.5 Å². The van der Waals surface area contributed by atoms with Crippen LogP contribution in [0.4, 0.5) is 5.69 Å². The van der Waals surface area contributed by atoms with Crippen LogP contribution in [0.3, 0.4) is 0 Å². The summed E-state index contributed by atoms with van der Waals surface area (Å²) in [6.07, 6.45) is 0. The molecule has 1 aromatic carbocycles. The molecule has 0 aliphatic heterocycles. The van der Waals surface area contributed by atoms with Gasteiger partial charge in [-0.2, -0.15) is 5.23 Å². The number of hydrogen-bond donors (Lipinski definition) is 3. The lowest BCUT2D eigenvalue weighted by molar-refractivity contribution is -0.991. The second kappa shape index (κ2) is 4.18. The van der Waals surface area contributed by atoms with Gasteiger partial charge in [0.1, 0.15) is 0 Å². The summed E-state index contributed by atoms with van der Waals surface area (Å²) >= 11 is 0. The summed E-state index contributed by atoms with van der Waals surface area (Å²) in [4.78, 5) is 0. The Morgan fingerprint density at radius 3 is 2.92 bits per heavy atom. The molecular weight excluding hydrogens is 156 g/mol. The van der Waals surface area contributed by atoms with E-state index >= 15 is 0 Å². The lowest BCUT2D eigenvalue weighted by atomic mass is 10.2. The molecule has 4 heteroatoms. The Balaban J connectivity index is 2.81. The third kappa shape index (κ3) is 2.28. The zero-order valence-corrected chi connectivity index (χ0v) is 6.87. The summed E-state index contributed by atoms with van der Waals surface area (Å²) in [5.74, 6) is 0. The molecule has 66 valence electrons. The molecule has 0 spiro atoms. The van der Waals surface area contributed by atoms with Crippen LogP contribution in [-0.4, -0.2) is 12.3 Å². The molecule has 3 N–H and O–H groups in total. The number of hydrogen-bond acceptors (Lipinski definition) is 3. The molecule has 0 fully saturated rings. The van der Waals surface area contributed by atoms with Crippen LogP contribution in [0.1, 0.15) is 5.56 Å². The molecule has 1 unspecified atom stereocenters. The normalized spacial score (nSPS) is 12.9. The van der Waals surface area contributed by atoms with Gasteiger partial charge in [-0.1, -0.05) is 12.1 Å². The molecule has 12 heavy (non-hydrogen) atoms. The fourth-order valence-electron chi connectivity index (χ4n) is 1.02. The number of rotatable bonds is 3. The Morgan fingerprint density at radius 2 is 2.33 bits per heavy atom. The van der Waals surface area contributed by atoms with Gasteiger partial charge in [-0.15, -0.1) is 0 Å². The van der Waals surface area contributed by atoms with E-state index in [1.54, 1.807) is 18.2 Å². The highest BCUT2D eigenvalue weighted by atomic mass is 16.8.